The number of likely N-dealkylation sites (tertiary alicyclic amines) is 1. The predicted octanol–water partition coefficient (Wildman–Crippen LogP) is 2.38. The van der Waals surface area contributed by atoms with Gasteiger partial charge in [-0.1, -0.05) is 12.8 Å². The van der Waals surface area contributed by atoms with Gasteiger partial charge in [-0.2, -0.15) is 0 Å². The molecule has 26 heavy (non-hydrogen) atoms. The molecule has 1 saturated carbocycles. The molecule has 7 heteroatoms. The van der Waals surface area contributed by atoms with Crippen molar-refractivity contribution >= 4 is 22.9 Å². The van der Waals surface area contributed by atoms with Crippen molar-refractivity contribution in [1.82, 2.24) is 14.5 Å². The van der Waals surface area contributed by atoms with Crippen molar-refractivity contribution in [2.24, 2.45) is 5.92 Å². The molecule has 1 amide bonds. The SMILES string of the molecule is O=C(O)C1CCN(C(=O)c2ccc3c(c2)[nH]c(=O)n3C2CCCC2)CC1. The number of carboxylic acid groups (broad SMARTS) is 1. The minimum atomic E-state index is -0.788. The molecule has 1 saturated heterocycles. The van der Waals surface area contributed by atoms with E-state index >= 15 is 0 Å². The van der Waals surface area contributed by atoms with Crippen LogP contribution in [0.15, 0.2) is 23.0 Å². The van der Waals surface area contributed by atoms with E-state index < -0.39 is 5.97 Å². The van der Waals surface area contributed by atoms with Crippen molar-refractivity contribution in [3.05, 3.63) is 34.2 Å². The molecule has 0 bridgehead atoms. The van der Waals surface area contributed by atoms with Crippen LogP contribution in [0.25, 0.3) is 11.0 Å². The summed E-state index contributed by atoms with van der Waals surface area (Å²) < 4.78 is 1.83. The van der Waals surface area contributed by atoms with Gasteiger partial charge in [0.2, 0.25) is 0 Å². The maximum Gasteiger partial charge on any atom is 0.326 e. The zero-order chi connectivity index (χ0) is 18.3. The Balaban J connectivity index is 1.57. The van der Waals surface area contributed by atoms with Gasteiger partial charge in [0.1, 0.15) is 0 Å². The molecule has 0 spiro atoms. The lowest BCUT2D eigenvalue weighted by molar-refractivity contribution is -0.143. The number of nitrogens with zero attached hydrogens (tertiary/aromatic N) is 2. The number of carbonyl (C=O) groups excluding carboxylic acids is 1. The first-order chi connectivity index (χ1) is 12.5. The Morgan fingerprint density at radius 3 is 2.42 bits per heavy atom. The molecule has 2 aromatic rings. The highest BCUT2D eigenvalue weighted by Crippen LogP contribution is 2.31. The van der Waals surface area contributed by atoms with Gasteiger partial charge in [0.15, 0.2) is 0 Å². The fourth-order valence-corrected chi connectivity index (χ4v) is 4.30. The summed E-state index contributed by atoms with van der Waals surface area (Å²) in [7, 11) is 0. The van der Waals surface area contributed by atoms with Crippen LogP contribution in [0.3, 0.4) is 0 Å². The molecule has 7 nitrogen and oxygen atoms in total. The van der Waals surface area contributed by atoms with Crippen molar-refractivity contribution < 1.29 is 14.7 Å². The van der Waals surface area contributed by atoms with Crippen LogP contribution in [-0.2, 0) is 4.79 Å². The van der Waals surface area contributed by atoms with E-state index in [1.54, 1.807) is 17.0 Å². The lowest BCUT2D eigenvalue weighted by atomic mass is 9.96. The fraction of sp³-hybridized carbons (Fsp3) is 0.526. The van der Waals surface area contributed by atoms with Crippen LogP contribution in [0, 0.1) is 5.92 Å². The molecule has 0 radical (unpaired) electrons. The lowest BCUT2D eigenvalue weighted by Gasteiger charge is -2.30. The largest absolute Gasteiger partial charge is 0.481 e. The van der Waals surface area contributed by atoms with Crippen molar-refractivity contribution in [1.29, 1.82) is 0 Å². The maximum absolute atomic E-state index is 12.7. The molecule has 0 unspecified atom stereocenters. The summed E-state index contributed by atoms with van der Waals surface area (Å²) >= 11 is 0. The van der Waals surface area contributed by atoms with Crippen LogP contribution >= 0.6 is 0 Å². The normalized spacial score (nSPS) is 19.3. The standard InChI is InChI=1S/C19H23N3O4/c23-17(21-9-7-12(8-10-21)18(24)25)13-5-6-16-15(11-13)20-19(26)22(16)14-3-1-2-4-14/h5-6,11-12,14H,1-4,7-10H2,(H,20,26)(H,24,25). The van der Waals surface area contributed by atoms with Gasteiger partial charge in [0.25, 0.3) is 5.91 Å². The number of hydrogen-bond acceptors (Lipinski definition) is 3. The number of aromatic nitrogens is 2. The summed E-state index contributed by atoms with van der Waals surface area (Å²) in [5.41, 5.74) is 1.96. The molecular formula is C19H23N3O4. The molecule has 0 atom stereocenters. The Morgan fingerprint density at radius 2 is 1.77 bits per heavy atom. The third kappa shape index (κ3) is 2.91. The number of imidazole rings is 1. The van der Waals surface area contributed by atoms with Crippen LogP contribution in [0.1, 0.15) is 54.9 Å². The Hall–Kier alpha value is -2.57. The third-order valence-electron chi connectivity index (χ3n) is 5.78. The number of benzene rings is 1. The number of piperidine rings is 1. The van der Waals surface area contributed by atoms with Gasteiger partial charge < -0.3 is 15.0 Å². The zero-order valence-electron chi connectivity index (χ0n) is 14.6. The number of carbonyl (C=O) groups is 2. The summed E-state index contributed by atoms with van der Waals surface area (Å²) in [6.07, 6.45) is 5.30. The van der Waals surface area contributed by atoms with E-state index in [4.69, 9.17) is 5.11 Å². The van der Waals surface area contributed by atoms with E-state index in [-0.39, 0.29) is 23.6 Å². The van der Waals surface area contributed by atoms with Gasteiger partial charge >= 0.3 is 11.7 Å². The highest BCUT2D eigenvalue weighted by atomic mass is 16.4. The number of aromatic amines is 1. The highest BCUT2D eigenvalue weighted by molar-refractivity contribution is 5.97. The van der Waals surface area contributed by atoms with E-state index in [0.29, 0.717) is 37.0 Å². The fourth-order valence-electron chi connectivity index (χ4n) is 4.30. The summed E-state index contributed by atoms with van der Waals surface area (Å²) in [5.74, 6) is -1.26. The van der Waals surface area contributed by atoms with E-state index in [1.807, 2.05) is 10.6 Å². The summed E-state index contributed by atoms with van der Waals surface area (Å²) in [6.45, 7) is 0.904. The van der Waals surface area contributed by atoms with Gasteiger partial charge in [-0.25, -0.2) is 4.79 Å². The van der Waals surface area contributed by atoms with Gasteiger partial charge in [0.05, 0.1) is 17.0 Å². The lowest BCUT2D eigenvalue weighted by Crippen LogP contribution is -2.40. The van der Waals surface area contributed by atoms with Gasteiger partial charge in [-0.3, -0.25) is 14.2 Å². The van der Waals surface area contributed by atoms with E-state index in [2.05, 4.69) is 4.98 Å². The predicted molar refractivity (Wildman–Crippen MR) is 96.3 cm³/mol. The van der Waals surface area contributed by atoms with E-state index in [1.165, 1.54) is 0 Å². The molecule has 138 valence electrons. The van der Waals surface area contributed by atoms with Crippen molar-refractivity contribution in [3.63, 3.8) is 0 Å². The average molecular weight is 357 g/mol. The zero-order valence-corrected chi connectivity index (χ0v) is 14.6. The molecule has 4 rings (SSSR count). The summed E-state index contributed by atoms with van der Waals surface area (Å²) in [5, 5.41) is 9.08. The van der Waals surface area contributed by atoms with Crippen LogP contribution < -0.4 is 5.69 Å². The minimum Gasteiger partial charge on any atom is -0.481 e. The van der Waals surface area contributed by atoms with Crippen molar-refractivity contribution in [3.8, 4) is 0 Å². The second-order valence-corrected chi connectivity index (χ2v) is 7.38. The molecule has 1 aliphatic carbocycles. The molecule has 1 aromatic carbocycles. The monoisotopic (exact) mass is 357 g/mol. The minimum absolute atomic E-state index is 0.106. The Kier molecular flexibility index (Phi) is 4.30. The van der Waals surface area contributed by atoms with Crippen LogP contribution in [0.5, 0.6) is 0 Å². The second-order valence-electron chi connectivity index (χ2n) is 7.38. The maximum atomic E-state index is 12.7. The average Bonchev–Trinajstić information content (AvgIpc) is 3.27. The molecule has 1 aromatic heterocycles. The number of carboxylic acids is 1. The first-order valence-corrected chi connectivity index (χ1v) is 9.31. The third-order valence-corrected chi connectivity index (χ3v) is 5.78. The molecule has 2 aliphatic rings. The Bertz CT molecular complexity index is 899. The van der Waals surface area contributed by atoms with E-state index in [9.17, 15) is 14.4 Å². The first-order valence-electron chi connectivity index (χ1n) is 9.31. The molecule has 1 aliphatic heterocycles. The molecular weight excluding hydrogens is 334 g/mol. The van der Waals surface area contributed by atoms with Gasteiger partial charge in [-0.15, -0.1) is 0 Å². The second kappa shape index (κ2) is 6.63. The van der Waals surface area contributed by atoms with E-state index in [0.717, 1.165) is 31.2 Å². The number of rotatable bonds is 3. The molecule has 2 N–H and O–H groups in total. The number of aliphatic carboxylic acids is 1. The van der Waals surface area contributed by atoms with Crippen molar-refractivity contribution in [2.75, 3.05) is 13.1 Å². The Labute approximate surface area is 150 Å². The number of hydrogen-bond donors (Lipinski definition) is 2. The van der Waals surface area contributed by atoms with Crippen LogP contribution in [0.4, 0.5) is 0 Å². The number of H-pyrrole nitrogens is 1. The number of fused-ring (bicyclic) bond motifs is 1. The first kappa shape index (κ1) is 16.9. The topological polar surface area (TPSA) is 95.4 Å². The van der Waals surface area contributed by atoms with Crippen molar-refractivity contribution in [2.45, 2.75) is 44.6 Å². The smallest absolute Gasteiger partial charge is 0.326 e. The number of amides is 1. The van der Waals surface area contributed by atoms with Crippen LogP contribution in [-0.4, -0.2) is 44.5 Å². The number of nitrogens with one attached hydrogen (secondary N) is 1. The summed E-state index contributed by atoms with van der Waals surface area (Å²) in [6, 6.07) is 5.61. The molecule has 2 fully saturated rings. The van der Waals surface area contributed by atoms with Gasteiger partial charge in [0, 0.05) is 24.7 Å². The molecule has 2 heterocycles. The summed E-state index contributed by atoms with van der Waals surface area (Å²) in [4.78, 5) is 40.7. The highest BCUT2D eigenvalue weighted by Gasteiger charge is 2.28. The van der Waals surface area contributed by atoms with Gasteiger partial charge in [-0.05, 0) is 43.9 Å². The Morgan fingerprint density at radius 1 is 1.08 bits per heavy atom. The van der Waals surface area contributed by atoms with Crippen LogP contribution in [0.2, 0.25) is 0 Å². The quantitative estimate of drug-likeness (QED) is 0.882.